The summed E-state index contributed by atoms with van der Waals surface area (Å²) in [6, 6.07) is 17.5. The SMILES string of the molecule is COc1ccc2c(c1OC)c(=O)n1c3ccc(OC(C)C(=O)Nc4ccc(C(C)=O)cc4)cc3c3ccnc2c31. The number of nitrogens with zero attached hydrogens (tertiary/aromatic N) is 2. The zero-order valence-electron chi connectivity index (χ0n) is 22.3. The Bertz CT molecular complexity index is 2010. The third-order valence-electron chi connectivity index (χ3n) is 7.11. The fourth-order valence-electron chi connectivity index (χ4n) is 5.16. The monoisotopic (exact) mass is 535 g/mol. The molecule has 3 aromatic heterocycles. The topological polar surface area (TPSA) is 108 Å². The van der Waals surface area contributed by atoms with E-state index in [1.165, 1.54) is 21.1 Å². The molecule has 1 atom stereocenters. The molecule has 40 heavy (non-hydrogen) atoms. The van der Waals surface area contributed by atoms with Gasteiger partial charge in [-0.25, -0.2) is 0 Å². The average Bonchev–Trinajstić information content (AvgIpc) is 3.30. The summed E-state index contributed by atoms with van der Waals surface area (Å²) in [5, 5.41) is 5.48. The van der Waals surface area contributed by atoms with Crippen LogP contribution in [0.25, 0.3) is 38.1 Å². The van der Waals surface area contributed by atoms with Gasteiger partial charge in [0.25, 0.3) is 11.5 Å². The first-order valence-electron chi connectivity index (χ1n) is 12.6. The molecule has 6 aromatic rings. The van der Waals surface area contributed by atoms with Crippen LogP contribution in [0.15, 0.2) is 71.7 Å². The standard InChI is InChI=1S/C31H25N3O6/c1-16(35)18-5-7-19(8-6-18)33-30(36)17(2)40-20-9-11-24-23(15-20)21-13-14-32-27-22-10-12-25(38-3)29(39-4)26(22)31(37)34(24)28(21)27/h5-15,17H,1-4H3,(H,33,36). The number of hydrogen-bond donors (Lipinski definition) is 1. The van der Waals surface area contributed by atoms with E-state index in [9.17, 15) is 14.4 Å². The van der Waals surface area contributed by atoms with Crippen molar-refractivity contribution in [2.45, 2.75) is 20.0 Å². The zero-order chi connectivity index (χ0) is 28.1. The number of fused-ring (bicyclic) bond motifs is 5. The Labute approximate surface area is 228 Å². The van der Waals surface area contributed by atoms with Gasteiger partial charge in [-0.1, -0.05) is 0 Å². The Kier molecular flexibility index (Phi) is 5.99. The Hall–Kier alpha value is -5.18. The highest BCUT2D eigenvalue weighted by molar-refractivity contribution is 6.19. The second-order valence-electron chi connectivity index (χ2n) is 9.48. The van der Waals surface area contributed by atoms with Gasteiger partial charge in [0.2, 0.25) is 0 Å². The van der Waals surface area contributed by atoms with Gasteiger partial charge >= 0.3 is 0 Å². The molecule has 0 aliphatic rings. The predicted molar refractivity (Wildman–Crippen MR) is 153 cm³/mol. The summed E-state index contributed by atoms with van der Waals surface area (Å²) in [4.78, 5) is 42.8. The van der Waals surface area contributed by atoms with Crippen LogP contribution in [0.5, 0.6) is 17.2 Å². The lowest BCUT2D eigenvalue weighted by Crippen LogP contribution is -2.30. The molecule has 6 rings (SSSR count). The van der Waals surface area contributed by atoms with Crippen LogP contribution < -0.4 is 25.1 Å². The molecular formula is C31H25N3O6. The van der Waals surface area contributed by atoms with Gasteiger partial charge in [0, 0.05) is 33.6 Å². The van der Waals surface area contributed by atoms with Crippen LogP contribution in [0.2, 0.25) is 0 Å². The molecule has 3 aromatic carbocycles. The number of anilines is 1. The molecule has 0 aliphatic heterocycles. The Balaban J connectivity index is 1.41. The number of methoxy groups -OCH3 is 2. The lowest BCUT2D eigenvalue weighted by Gasteiger charge is -2.15. The van der Waals surface area contributed by atoms with E-state index in [1.54, 1.807) is 60.0 Å². The van der Waals surface area contributed by atoms with Crippen molar-refractivity contribution >= 4 is 55.5 Å². The number of ketones is 1. The number of rotatable bonds is 7. The highest BCUT2D eigenvalue weighted by Crippen LogP contribution is 2.39. The maximum absolute atomic E-state index is 13.9. The molecule has 3 heterocycles. The second-order valence-corrected chi connectivity index (χ2v) is 9.48. The molecule has 0 fully saturated rings. The first kappa shape index (κ1) is 25.1. The number of nitrogens with one attached hydrogen (secondary N) is 1. The van der Waals surface area contributed by atoms with E-state index < -0.39 is 6.10 Å². The first-order chi connectivity index (χ1) is 19.3. The summed E-state index contributed by atoms with van der Waals surface area (Å²) in [5.74, 6) is 0.901. The Morgan fingerprint density at radius 3 is 2.40 bits per heavy atom. The van der Waals surface area contributed by atoms with Gasteiger partial charge in [0.05, 0.1) is 36.2 Å². The molecule has 0 bridgehead atoms. The van der Waals surface area contributed by atoms with Crippen LogP contribution in [0.3, 0.4) is 0 Å². The van der Waals surface area contributed by atoms with Crippen molar-refractivity contribution in [2.24, 2.45) is 0 Å². The predicted octanol–water partition coefficient (Wildman–Crippen LogP) is 5.22. The van der Waals surface area contributed by atoms with Crippen molar-refractivity contribution in [1.29, 1.82) is 0 Å². The van der Waals surface area contributed by atoms with Gasteiger partial charge in [-0.3, -0.25) is 23.8 Å². The first-order valence-corrected chi connectivity index (χ1v) is 12.6. The van der Waals surface area contributed by atoms with Gasteiger partial charge in [0.15, 0.2) is 23.4 Å². The van der Waals surface area contributed by atoms with Gasteiger partial charge in [-0.15, -0.1) is 0 Å². The van der Waals surface area contributed by atoms with Crippen molar-refractivity contribution in [1.82, 2.24) is 9.38 Å². The minimum Gasteiger partial charge on any atom is -0.493 e. The maximum Gasteiger partial charge on any atom is 0.267 e. The Morgan fingerprint density at radius 1 is 0.925 bits per heavy atom. The summed E-state index contributed by atoms with van der Waals surface area (Å²) in [6.45, 7) is 3.14. The summed E-state index contributed by atoms with van der Waals surface area (Å²) >= 11 is 0. The molecular weight excluding hydrogens is 510 g/mol. The van der Waals surface area contributed by atoms with E-state index in [0.29, 0.717) is 55.8 Å². The van der Waals surface area contributed by atoms with Crippen molar-refractivity contribution in [3.05, 3.63) is 82.8 Å². The number of hydrogen-bond acceptors (Lipinski definition) is 7. The van der Waals surface area contributed by atoms with Crippen molar-refractivity contribution < 1.29 is 23.8 Å². The summed E-state index contributed by atoms with van der Waals surface area (Å²) in [6.07, 6.45) is 0.896. The number of carbonyl (C=O) groups excluding carboxylic acids is 2. The number of carbonyl (C=O) groups is 2. The van der Waals surface area contributed by atoms with Crippen molar-refractivity contribution in [3.63, 3.8) is 0 Å². The average molecular weight is 536 g/mol. The third-order valence-corrected chi connectivity index (χ3v) is 7.11. The van der Waals surface area contributed by atoms with Crippen LogP contribution in [0.1, 0.15) is 24.2 Å². The van der Waals surface area contributed by atoms with E-state index in [0.717, 1.165) is 10.8 Å². The summed E-state index contributed by atoms with van der Waals surface area (Å²) < 4.78 is 18.7. The molecule has 9 heteroatoms. The smallest absolute Gasteiger partial charge is 0.267 e. The maximum atomic E-state index is 13.9. The molecule has 1 amide bonds. The van der Waals surface area contributed by atoms with E-state index in [4.69, 9.17) is 14.2 Å². The number of ether oxygens (including phenoxy) is 3. The molecule has 1 N–H and O–H groups in total. The van der Waals surface area contributed by atoms with Crippen LogP contribution in [0.4, 0.5) is 5.69 Å². The van der Waals surface area contributed by atoms with E-state index in [1.807, 2.05) is 18.2 Å². The lowest BCUT2D eigenvalue weighted by molar-refractivity contribution is -0.122. The quantitative estimate of drug-likeness (QED) is 0.221. The second kappa shape index (κ2) is 9.53. The third kappa shape index (κ3) is 3.86. The van der Waals surface area contributed by atoms with Gasteiger partial charge < -0.3 is 19.5 Å². The molecule has 0 saturated heterocycles. The van der Waals surface area contributed by atoms with Crippen LogP contribution >= 0.6 is 0 Å². The fourth-order valence-corrected chi connectivity index (χ4v) is 5.16. The number of benzene rings is 3. The molecule has 0 saturated carbocycles. The van der Waals surface area contributed by atoms with Crippen LogP contribution in [-0.2, 0) is 4.79 Å². The lowest BCUT2D eigenvalue weighted by atomic mass is 10.1. The highest BCUT2D eigenvalue weighted by Gasteiger charge is 2.23. The normalized spacial score (nSPS) is 12.2. The van der Waals surface area contributed by atoms with Gasteiger partial charge in [-0.05, 0) is 74.5 Å². The number of Topliss-reactive ketones (excluding diaryl/α,β-unsaturated/α-hetero) is 1. The molecule has 0 radical (unpaired) electrons. The van der Waals surface area contributed by atoms with Crippen molar-refractivity contribution in [2.75, 3.05) is 19.5 Å². The van der Waals surface area contributed by atoms with Crippen molar-refractivity contribution in [3.8, 4) is 17.2 Å². The summed E-state index contributed by atoms with van der Waals surface area (Å²) in [7, 11) is 3.03. The van der Waals surface area contributed by atoms with Crippen LogP contribution in [0, 0.1) is 0 Å². The summed E-state index contributed by atoms with van der Waals surface area (Å²) in [5.41, 5.74) is 2.92. The molecule has 200 valence electrons. The fraction of sp³-hybridized carbons (Fsp3) is 0.161. The molecule has 1 unspecified atom stereocenters. The number of amides is 1. The molecule has 9 nitrogen and oxygen atoms in total. The van der Waals surface area contributed by atoms with Crippen LogP contribution in [-0.4, -0.2) is 41.4 Å². The largest absolute Gasteiger partial charge is 0.493 e. The van der Waals surface area contributed by atoms with E-state index in [2.05, 4.69) is 10.3 Å². The Morgan fingerprint density at radius 2 is 1.70 bits per heavy atom. The number of aromatic nitrogens is 2. The van der Waals surface area contributed by atoms with Gasteiger partial charge in [-0.2, -0.15) is 0 Å². The minimum atomic E-state index is -0.811. The minimum absolute atomic E-state index is 0.0472. The van der Waals surface area contributed by atoms with E-state index in [-0.39, 0.29) is 17.2 Å². The number of pyridine rings is 2. The molecule has 0 aliphatic carbocycles. The van der Waals surface area contributed by atoms with Gasteiger partial charge in [0.1, 0.15) is 5.75 Å². The molecule has 0 spiro atoms. The highest BCUT2D eigenvalue weighted by atomic mass is 16.5. The zero-order valence-corrected chi connectivity index (χ0v) is 22.3. The van der Waals surface area contributed by atoms with E-state index >= 15 is 0 Å².